The molecule has 0 aliphatic heterocycles. The Morgan fingerprint density at radius 3 is 2.65 bits per heavy atom. The van der Waals surface area contributed by atoms with E-state index in [2.05, 4.69) is 52.5 Å². The van der Waals surface area contributed by atoms with Crippen LogP contribution in [0.1, 0.15) is 49.1 Å². The molecule has 2 aromatic rings. The second-order valence-corrected chi connectivity index (χ2v) is 7.01. The Bertz CT molecular complexity index is 758. The van der Waals surface area contributed by atoms with Gasteiger partial charge >= 0.3 is 0 Å². The molecule has 0 unspecified atom stereocenters. The first-order chi connectivity index (χ1) is 12.6. The van der Waals surface area contributed by atoms with E-state index in [9.17, 15) is 4.79 Å². The second kappa shape index (κ2) is 8.81. The summed E-state index contributed by atoms with van der Waals surface area (Å²) in [7, 11) is 0. The molecule has 1 amide bonds. The number of para-hydroxylation sites is 1. The van der Waals surface area contributed by atoms with Crippen molar-refractivity contribution in [2.45, 2.75) is 52.0 Å². The number of aromatic nitrogens is 1. The van der Waals surface area contributed by atoms with Crippen LogP contribution in [0.2, 0.25) is 0 Å². The SMILES string of the molecule is Cc1cc(/C=N\NC(=O)CNC2CCCCC2)c(C)n1-c1ccccc1. The van der Waals surface area contributed by atoms with E-state index in [0.717, 1.165) is 22.6 Å². The van der Waals surface area contributed by atoms with E-state index in [0.29, 0.717) is 12.6 Å². The summed E-state index contributed by atoms with van der Waals surface area (Å²) in [5.74, 6) is -0.0938. The largest absolute Gasteiger partial charge is 0.318 e. The third-order valence-corrected chi connectivity index (χ3v) is 5.03. The standard InChI is InChI=1S/C21H28N4O/c1-16-13-18(17(2)25(16)20-11-7-4-8-12-20)14-23-24-21(26)15-22-19-9-5-3-6-10-19/h4,7-8,11-14,19,22H,3,5-6,9-10,15H2,1-2H3,(H,24,26)/b23-14-. The van der Waals surface area contributed by atoms with Crippen LogP contribution in [-0.2, 0) is 4.79 Å². The summed E-state index contributed by atoms with van der Waals surface area (Å²) in [6, 6.07) is 12.8. The third kappa shape index (κ3) is 4.61. The number of nitrogens with one attached hydrogen (secondary N) is 2. The van der Waals surface area contributed by atoms with E-state index in [1.807, 2.05) is 18.2 Å². The zero-order valence-electron chi connectivity index (χ0n) is 15.7. The number of hydrogen-bond donors (Lipinski definition) is 2. The molecule has 1 saturated carbocycles. The van der Waals surface area contributed by atoms with Crippen LogP contribution in [-0.4, -0.2) is 29.3 Å². The van der Waals surface area contributed by atoms with Crippen LogP contribution >= 0.6 is 0 Å². The smallest absolute Gasteiger partial charge is 0.254 e. The molecule has 138 valence electrons. The minimum Gasteiger partial charge on any atom is -0.318 e. The lowest BCUT2D eigenvalue weighted by Crippen LogP contribution is -2.38. The maximum atomic E-state index is 12.0. The number of hydrogen-bond acceptors (Lipinski definition) is 3. The summed E-state index contributed by atoms with van der Waals surface area (Å²) in [5.41, 5.74) is 7.00. The average molecular weight is 352 g/mol. The van der Waals surface area contributed by atoms with Crippen LogP contribution in [0.5, 0.6) is 0 Å². The topological polar surface area (TPSA) is 58.4 Å². The summed E-state index contributed by atoms with van der Waals surface area (Å²) in [6.45, 7) is 4.46. The van der Waals surface area contributed by atoms with E-state index in [4.69, 9.17) is 0 Å². The molecule has 1 heterocycles. The summed E-state index contributed by atoms with van der Waals surface area (Å²) in [5, 5.41) is 7.46. The van der Waals surface area contributed by atoms with Crippen molar-refractivity contribution in [3.63, 3.8) is 0 Å². The van der Waals surface area contributed by atoms with Crippen molar-refractivity contribution < 1.29 is 4.79 Å². The van der Waals surface area contributed by atoms with E-state index < -0.39 is 0 Å². The molecular weight excluding hydrogens is 324 g/mol. The first kappa shape index (κ1) is 18.4. The monoisotopic (exact) mass is 352 g/mol. The maximum absolute atomic E-state index is 12.0. The molecule has 2 N–H and O–H groups in total. The van der Waals surface area contributed by atoms with E-state index >= 15 is 0 Å². The molecule has 0 radical (unpaired) electrons. The van der Waals surface area contributed by atoms with Crippen molar-refractivity contribution in [2.24, 2.45) is 5.10 Å². The van der Waals surface area contributed by atoms with Gasteiger partial charge in [-0.3, -0.25) is 4.79 Å². The Labute approximate surface area is 155 Å². The maximum Gasteiger partial charge on any atom is 0.254 e. The fourth-order valence-corrected chi connectivity index (χ4v) is 3.65. The van der Waals surface area contributed by atoms with Crippen LogP contribution in [0.25, 0.3) is 5.69 Å². The van der Waals surface area contributed by atoms with Gasteiger partial charge in [0.15, 0.2) is 0 Å². The lowest BCUT2D eigenvalue weighted by Gasteiger charge is -2.22. The van der Waals surface area contributed by atoms with Gasteiger partial charge in [0.25, 0.3) is 5.91 Å². The molecule has 3 rings (SSSR count). The molecule has 1 aromatic heterocycles. The summed E-state index contributed by atoms with van der Waals surface area (Å²) < 4.78 is 2.19. The van der Waals surface area contributed by atoms with Gasteiger partial charge in [0.05, 0.1) is 12.8 Å². The lowest BCUT2D eigenvalue weighted by molar-refractivity contribution is -0.120. The van der Waals surface area contributed by atoms with Crippen LogP contribution in [0.3, 0.4) is 0 Å². The Hall–Kier alpha value is -2.40. The molecule has 1 aliphatic rings. The predicted octanol–water partition coefficient (Wildman–Crippen LogP) is 3.47. The van der Waals surface area contributed by atoms with Gasteiger partial charge in [-0.25, -0.2) is 5.43 Å². The normalized spacial score (nSPS) is 15.5. The Morgan fingerprint density at radius 2 is 1.92 bits per heavy atom. The summed E-state index contributed by atoms with van der Waals surface area (Å²) in [6.07, 6.45) is 7.89. The molecule has 1 aromatic carbocycles. The van der Waals surface area contributed by atoms with Crippen molar-refractivity contribution >= 4 is 12.1 Å². The Morgan fingerprint density at radius 1 is 1.19 bits per heavy atom. The minimum absolute atomic E-state index is 0.0938. The summed E-state index contributed by atoms with van der Waals surface area (Å²) in [4.78, 5) is 12.0. The van der Waals surface area contributed by atoms with Crippen molar-refractivity contribution in [1.82, 2.24) is 15.3 Å². The van der Waals surface area contributed by atoms with Gasteiger partial charge in [-0.2, -0.15) is 5.10 Å². The molecule has 0 saturated heterocycles. The van der Waals surface area contributed by atoms with E-state index in [1.165, 1.54) is 32.1 Å². The van der Waals surface area contributed by atoms with Crippen molar-refractivity contribution in [1.29, 1.82) is 0 Å². The quantitative estimate of drug-likeness (QED) is 0.618. The van der Waals surface area contributed by atoms with Gasteiger partial charge in [-0.15, -0.1) is 0 Å². The number of benzene rings is 1. The molecule has 5 nitrogen and oxygen atoms in total. The van der Waals surface area contributed by atoms with Gasteiger partial charge in [-0.05, 0) is 44.9 Å². The molecule has 1 fully saturated rings. The van der Waals surface area contributed by atoms with Crippen molar-refractivity contribution in [2.75, 3.05) is 6.54 Å². The van der Waals surface area contributed by atoms with Gasteiger partial charge in [-0.1, -0.05) is 37.5 Å². The van der Waals surface area contributed by atoms with Crippen molar-refractivity contribution in [3.8, 4) is 5.69 Å². The molecule has 0 spiro atoms. The van der Waals surface area contributed by atoms with Crippen LogP contribution in [0, 0.1) is 13.8 Å². The number of carbonyl (C=O) groups excluding carboxylic acids is 1. The number of hydrazone groups is 1. The highest BCUT2D eigenvalue weighted by atomic mass is 16.2. The van der Waals surface area contributed by atoms with Crippen LogP contribution in [0.4, 0.5) is 0 Å². The molecule has 26 heavy (non-hydrogen) atoms. The molecule has 0 bridgehead atoms. The Balaban J connectivity index is 1.56. The molecule has 1 aliphatic carbocycles. The zero-order valence-corrected chi connectivity index (χ0v) is 15.7. The Kier molecular flexibility index (Phi) is 6.23. The minimum atomic E-state index is -0.0938. The zero-order chi connectivity index (χ0) is 18.4. The molecular formula is C21H28N4O. The number of amides is 1. The van der Waals surface area contributed by atoms with Gasteiger partial charge in [0, 0.05) is 28.7 Å². The highest BCUT2D eigenvalue weighted by molar-refractivity contribution is 5.84. The fraction of sp³-hybridized carbons (Fsp3) is 0.429. The molecule has 5 heteroatoms. The van der Waals surface area contributed by atoms with Crippen LogP contribution in [0.15, 0.2) is 41.5 Å². The number of carbonyl (C=O) groups is 1. The predicted molar refractivity (Wildman–Crippen MR) is 106 cm³/mol. The first-order valence-electron chi connectivity index (χ1n) is 9.45. The van der Waals surface area contributed by atoms with E-state index in [1.54, 1.807) is 6.21 Å². The van der Waals surface area contributed by atoms with Crippen molar-refractivity contribution in [3.05, 3.63) is 53.3 Å². The van der Waals surface area contributed by atoms with Gasteiger partial charge in [0.1, 0.15) is 0 Å². The number of aryl methyl sites for hydroxylation is 1. The van der Waals surface area contributed by atoms with Gasteiger partial charge < -0.3 is 9.88 Å². The van der Waals surface area contributed by atoms with E-state index in [-0.39, 0.29) is 5.91 Å². The average Bonchev–Trinajstić information content (AvgIpc) is 2.95. The molecule has 0 atom stereocenters. The number of nitrogens with zero attached hydrogens (tertiary/aromatic N) is 2. The lowest BCUT2D eigenvalue weighted by atomic mass is 9.95. The number of rotatable bonds is 6. The highest BCUT2D eigenvalue weighted by Gasteiger charge is 2.13. The summed E-state index contributed by atoms with van der Waals surface area (Å²) >= 11 is 0. The second-order valence-electron chi connectivity index (χ2n) is 7.01. The van der Waals surface area contributed by atoms with Crippen LogP contribution < -0.4 is 10.7 Å². The fourth-order valence-electron chi connectivity index (χ4n) is 3.65. The van der Waals surface area contributed by atoms with Gasteiger partial charge in [0.2, 0.25) is 0 Å². The first-order valence-corrected chi connectivity index (χ1v) is 9.45. The third-order valence-electron chi connectivity index (χ3n) is 5.03. The highest BCUT2D eigenvalue weighted by Crippen LogP contribution is 2.19.